The number of hydrogen-bond acceptors (Lipinski definition) is 1. The topological polar surface area (TPSA) is 9.23 Å². The van der Waals surface area contributed by atoms with Crippen molar-refractivity contribution in [1.29, 1.82) is 0 Å². The van der Waals surface area contributed by atoms with E-state index in [1.807, 2.05) is 18.2 Å². The van der Waals surface area contributed by atoms with E-state index >= 15 is 0 Å². The highest BCUT2D eigenvalue weighted by atomic mass is 16.5. The molecule has 1 nitrogen and oxygen atoms in total. The van der Waals surface area contributed by atoms with Crippen LogP contribution in [-0.4, -0.2) is 13.7 Å². The summed E-state index contributed by atoms with van der Waals surface area (Å²) in [5.74, 6) is 0. The molecule has 0 aliphatic rings. The fourth-order valence-electron chi connectivity index (χ4n) is 1.36. The number of allylic oxidation sites excluding steroid dienone is 6. The normalized spacial score (nSPS) is 11.6. The monoisotopic (exact) mass is 258 g/mol. The van der Waals surface area contributed by atoms with Crippen LogP contribution in [0.4, 0.5) is 0 Å². The van der Waals surface area contributed by atoms with Gasteiger partial charge in [-0.25, -0.2) is 0 Å². The summed E-state index contributed by atoms with van der Waals surface area (Å²) in [6, 6.07) is 0. The van der Waals surface area contributed by atoms with Crippen molar-refractivity contribution in [3.05, 3.63) is 72.4 Å². The van der Waals surface area contributed by atoms with Crippen LogP contribution in [0.15, 0.2) is 72.4 Å². The third kappa shape index (κ3) is 6.78. The summed E-state index contributed by atoms with van der Waals surface area (Å²) in [6.45, 7) is 20.7. The minimum Gasteiger partial charge on any atom is -0.380 e. The zero-order valence-corrected chi connectivity index (χ0v) is 12.6. The minimum absolute atomic E-state index is 0.513. The lowest BCUT2D eigenvalue weighted by atomic mass is 9.98. The molecule has 0 saturated carbocycles. The van der Waals surface area contributed by atoms with Crippen molar-refractivity contribution >= 4 is 0 Å². The first-order valence-electron chi connectivity index (χ1n) is 6.57. The summed E-state index contributed by atoms with van der Waals surface area (Å²) in [7, 11) is 1.67. The van der Waals surface area contributed by atoms with E-state index < -0.39 is 0 Å². The molecule has 0 aromatic rings. The SMILES string of the molecule is C=C(/C=C\C(=C)C(=C)/C(=C\C(=C)CC)COC)CC. The number of rotatable bonds is 9. The Morgan fingerprint density at radius 3 is 2.00 bits per heavy atom. The molecule has 0 bridgehead atoms. The first-order chi connectivity index (χ1) is 8.96. The second-order valence-electron chi connectivity index (χ2n) is 4.46. The number of methoxy groups -OCH3 is 1. The highest BCUT2D eigenvalue weighted by Crippen LogP contribution is 2.20. The maximum atomic E-state index is 5.21. The predicted octanol–water partition coefficient (Wildman–Crippen LogP) is 5.16. The van der Waals surface area contributed by atoms with E-state index in [-0.39, 0.29) is 0 Å². The second kappa shape index (κ2) is 9.35. The van der Waals surface area contributed by atoms with Crippen LogP contribution in [0.3, 0.4) is 0 Å². The van der Waals surface area contributed by atoms with Gasteiger partial charge in [-0.3, -0.25) is 0 Å². The van der Waals surface area contributed by atoms with E-state index in [2.05, 4.69) is 40.2 Å². The van der Waals surface area contributed by atoms with Crippen LogP contribution >= 0.6 is 0 Å². The molecule has 104 valence electrons. The van der Waals surface area contributed by atoms with E-state index in [0.717, 1.165) is 40.7 Å². The van der Waals surface area contributed by atoms with Gasteiger partial charge in [-0.1, -0.05) is 69.5 Å². The molecule has 0 amide bonds. The van der Waals surface area contributed by atoms with Crippen molar-refractivity contribution in [3.8, 4) is 0 Å². The van der Waals surface area contributed by atoms with Crippen molar-refractivity contribution in [2.24, 2.45) is 0 Å². The average Bonchev–Trinajstić information content (AvgIpc) is 2.42. The van der Waals surface area contributed by atoms with Gasteiger partial charge < -0.3 is 4.74 Å². The second-order valence-corrected chi connectivity index (χ2v) is 4.46. The van der Waals surface area contributed by atoms with E-state index in [1.54, 1.807) is 7.11 Å². The van der Waals surface area contributed by atoms with Gasteiger partial charge in [0.2, 0.25) is 0 Å². The van der Waals surface area contributed by atoms with Crippen LogP contribution < -0.4 is 0 Å². The molecule has 0 spiro atoms. The van der Waals surface area contributed by atoms with Gasteiger partial charge in [-0.2, -0.15) is 0 Å². The quantitative estimate of drug-likeness (QED) is 0.519. The van der Waals surface area contributed by atoms with E-state index in [1.165, 1.54) is 0 Å². The largest absolute Gasteiger partial charge is 0.380 e. The molecule has 0 radical (unpaired) electrons. The van der Waals surface area contributed by atoms with Crippen LogP contribution in [0.25, 0.3) is 0 Å². The van der Waals surface area contributed by atoms with Crippen LogP contribution in [0, 0.1) is 0 Å². The van der Waals surface area contributed by atoms with E-state index in [9.17, 15) is 0 Å². The zero-order valence-electron chi connectivity index (χ0n) is 12.6. The molecule has 0 aromatic carbocycles. The van der Waals surface area contributed by atoms with Crippen molar-refractivity contribution in [1.82, 2.24) is 0 Å². The number of hydrogen-bond donors (Lipinski definition) is 0. The molecule has 1 heteroatoms. The minimum atomic E-state index is 0.513. The van der Waals surface area contributed by atoms with Crippen LogP contribution in [-0.2, 0) is 4.74 Å². The molecule has 0 aliphatic heterocycles. The van der Waals surface area contributed by atoms with Crippen molar-refractivity contribution in [2.45, 2.75) is 26.7 Å². The Morgan fingerprint density at radius 2 is 1.53 bits per heavy atom. The molecule has 19 heavy (non-hydrogen) atoms. The maximum absolute atomic E-state index is 5.21. The summed E-state index contributed by atoms with van der Waals surface area (Å²) in [6.07, 6.45) is 7.80. The van der Waals surface area contributed by atoms with Gasteiger partial charge in [0, 0.05) is 7.11 Å². The molecule has 0 rings (SSSR count). The van der Waals surface area contributed by atoms with E-state index in [0.29, 0.717) is 6.61 Å². The van der Waals surface area contributed by atoms with Crippen molar-refractivity contribution in [3.63, 3.8) is 0 Å². The van der Waals surface area contributed by atoms with Gasteiger partial charge >= 0.3 is 0 Å². The Hall–Kier alpha value is -1.60. The zero-order chi connectivity index (χ0) is 14.8. The predicted molar refractivity (Wildman–Crippen MR) is 86.2 cm³/mol. The molecule has 0 unspecified atom stereocenters. The maximum Gasteiger partial charge on any atom is 0.0718 e. The Labute approximate surface area is 118 Å². The molecule has 0 N–H and O–H groups in total. The lowest BCUT2D eigenvalue weighted by Crippen LogP contribution is -1.99. The van der Waals surface area contributed by atoms with Gasteiger partial charge in [0.15, 0.2) is 0 Å². The standard InChI is InChI=1S/C18H26O/c1-8-14(3)10-11-16(5)17(6)18(13-19-7)12-15(4)9-2/h10-12H,3-6,8-9,13H2,1-2,7H3/b11-10-,18-12-. The highest BCUT2D eigenvalue weighted by Gasteiger charge is 2.05. The number of ether oxygens (including phenoxy) is 1. The Bertz CT molecular complexity index is 419. The van der Waals surface area contributed by atoms with Gasteiger partial charge in [-0.15, -0.1) is 0 Å². The Kier molecular flexibility index (Phi) is 8.56. The van der Waals surface area contributed by atoms with Crippen molar-refractivity contribution < 1.29 is 4.74 Å². The van der Waals surface area contributed by atoms with Crippen LogP contribution in [0.1, 0.15) is 26.7 Å². The molecule has 0 aromatic heterocycles. The first-order valence-corrected chi connectivity index (χ1v) is 6.57. The molecular weight excluding hydrogens is 232 g/mol. The van der Waals surface area contributed by atoms with Gasteiger partial charge in [0.25, 0.3) is 0 Å². The Balaban J connectivity index is 4.96. The fourth-order valence-corrected chi connectivity index (χ4v) is 1.36. The lowest BCUT2D eigenvalue weighted by molar-refractivity contribution is 0.227. The molecule has 0 atom stereocenters. The molecule has 0 fully saturated rings. The summed E-state index contributed by atoms with van der Waals surface area (Å²) in [4.78, 5) is 0. The summed E-state index contributed by atoms with van der Waals surface area (Å²) in [5, 5.41) is 0. The summed E-state index contributed by atoms with van der Waals surface area (Å²) >= 11 is 0. The Morgan fingerprint density at radius 1 is 0.947 bits per heavy atom. The van der Waals surface area contributed by atoms with Gasteiger partial charge in [-0.05, 0) is 29.6 Å². The summed E-state index contributed by atoms with van der Waals surface area (Å²) in [5.41, 5.74) is 4.91. The van der Waals surface area contributed by atoms with Crippen LogP contribution in [0.2, 0.25) is 0 Å². The van der Waals surface area contributed by atoms with Gasteiger partial charge in [0.1, 0.15) is 0 Å². The smallest absolute Gasteiger partial charge is 0.0718 e. The molecule has 0 heterocycles. The van der Waals surface area contributed by atoms with Crippen LogP contribution in [0.5, 0.6) is 0 Å². The van der Waals surface area contributed by atoms with E-state index in [4.69, 9.17) is 4.74 Å². The third-order valence-corrected chi connectivity index (χ3v) is 2.88. The van der Waals surface area contributed by atoms with Crippen molar-refractivity contribution in [2.75, 3.05) is 13.7 Å². The third-order valence-electron chi connectivity index (χ3n) is 2.88. The average molecular weight is 258 g/mol. The summed E-state index contributed by atoms with van der Waals surface area (Å²) < 4.78 is 5.21. The first kappa shape index (κ1) is 17.4. The fraction of sp³-hybridized carbons (Fsp3) is 0.333. The molecule has 0 saturated heterocycles. The highest BCUT2D eigenvalue weighted by molar-refractivity contribution is 5.51. The molecule has 0 aliphatic carbocycles. The molecular formula is C18H26O. The lowest BCUT2D eigenvalue weighted by Gasteiger charge is -2.11. The van der Waals surface area contributed by atoms with Gasteiger partial charge in [0.05, 0.1) is 6.61 Å².